The normalized spacial score (nSPS) is 15.1. The summed E-state index contributed by atoms with van der Waals surface area (Å²) in [5.74, 6) is -1.18. The zero-order valence-corrected chi connectivity index (χ0v) is 20.0. The monoisotopic (exact) mass is 495 g/mol. The van der Waals surface area contributed by atoms with Crippen molar-refractivity contribution in [3.8, 4) is 0 Å². The Labute approximate surface area is 203 Å². The Morgan fingerprint density at radius 3 is 2.21 bits per heavy atom. The molecule has 4 rings (SSSR count). The molecule has 1 heterocycles. The van der Waals surface area contributed by atoms with Gasteiger partial charge in [0.25, 0.3) is 11.8 Å². The second-order valence-corrected chi connectivity index (χ2v) is 10.0. The smallest absolute Gasteiger partial charge is 0.277 e. The first-order valence-corrected chi connectivity index (χ1v) is 12.3. The predicted molar refractivity (Wildman–Crippen MR) is 131 cm³/mol. The van der Waals surface area contributed by atoms with Crippen LogP contribution in [0.3, 0.4) is 0 Å². The lowest BCUT2D eigenvalue weighted by molar-refractivity contribution is -0.136. The van der Waals surface area contributed by atoms with Crippen LogP contribution in [0.5, 0.6) is 0 Å². The number of amides is 2. The average Bonchev–Trinajstić information content (AvgIpc) is 3.02. The first-order valence-electron chi connectivity index (χ1n) is 10.4. The maximum atomic E-state index is 13.3. The molecule has 0 spiro atoms. The first-order chi connectivity index (χ1) is 16.2. The molecule has 1 atom stereocenters. The molecule has 1 aliphatic heterocycles. The van der Waals surface area contributed by atoms with E-state index < -0.39 is 27.9 Å². The Morgan fingerprint density at radius 1 is 0.882 bits per heavy atom. The van der Waals surface area contributed by atoms with Crippen molar-refractivity contribution < 1.29 is 18.0 Å². The molecule has 3 aromatic rings. The molecule has 1 unspecified atom stereocenters. The van der Waals surface area contributed by atoms with Crippen LogP contribution in [0.15, 0.2) is 95.0 Å². The van der Waals surface area contributed by atoms with E-state index in [1.165, 1.54) is 19.2 Å². The molecule has 0 fully saturated rings. The molecule has 0 radical (unpaired) electrons. The van der Waals surface area contributed by atoms with Gasteiger partial charge in [-0.2, -0.15) is 4.72 Å². The van der Waals surface area contributed by atoms with Crippen molar-refractivity contribution in [3.05, 3.63) is 106 Å². The number of aryl methyl sites for hydroxylation is 1. The molecule has 34 heavy (non-hydrogen) atoms. The van der Waals surface area contributed by atoms with E-state index >= 15 is 0 Å². The van der Waals surface area contributed by atoms with Crippen molar-refractivity contribution in [1.82, 2.24) is 9.62 Å². The predicted octanol–water partition coefficient (Wildman–Crippen LogP) is 4.03. The number of para-hydroxylation sites is 1. The van der Waals surface area contributed by atoms with Gasteiger partial charge in [0.1, 0.15) is 5.70 Å². The van der Waals surface area contributed by atoms with Gasteiger partial charge < -0.3 is 5.32 Å². The number of nitrogens with zero attached hydrogens (tertiary/aromatic N) is 1. The maximum Gasteiger partial charge on any atom is 0.277 e. The van der Waals surface area contributed by atoms with Crippen LogP contribution in [-0.2, 0) is 19.6 Å². The fraction of sp³-hybridized carbons (Fsp3) is 0.120. The molecule has 0 saturated heterocycles. The molecule has 7 nitrogen and oxygen atoms in total. The molecule has 9 heteroatoms. The van der Waals surface area contributed by atoms with Crippen LogP contribution in [0.4, 0.5) is 5.69 Å². The fourth-order valence-corrected chi connectivity index (χ4v) is 5.03. The van der Waals surface area contributed by atoms with E-state index in [2.05, 4.69) is 10.0 Å². The van der Waals surface area contributed by atoms with E-state index in [4.69, 9.17) is 11.6 Å². The summed E-state index contributed by atoms with van der Waals surface area (Å²) >= 11 is 6.19. The summed E-state index contributed by atoms with van der Waals surface area (Å²) < 4.78 is 29.2. The summed E-state index contributed by atoms with van der Waals surface area (Å²) in [7, 11) is -2.71. The Morgan fingerprint density at radius 2 is 1.56 bits per heavy atom. The number of benzene rings is 3. The van der Waals surface area contributed by atoms with Gasteiger partial charge in [-0.3, -0.25) is 14.5 Å². The second-order valence-electron chi connectivity index (χ2n) is 7.87. The quantitative estimate of drug-likeness (QED) is 0.482. The number of carbonyl (C=O) groups is 2. The third kappa shape index (κ3) is 4.75. The average molecular weight is 496 g/mol. The molecule has 0 saturated carbocycles. The topological polar surface area (TPSA) is 95.6 Å². The van der Waals surface area contributed by atoms with E-state index in [1.807, 2.05) is 13.0 Å². The minimum absolute atomic E-state index is 0.00437. The van der Waals surface area contributed by atoms with Gasteiger partial charge in [0.2, 0.25) is 10.0 Å². The van der Waals surface area contributed by atoms with E-state index in [0.717, 1.165) is 10.5 Å². The summed E-state index contributed by atoms with van der Waals surface area (Å²) in [5.41, 5.74) is 1.88. The lowest BCUT2D eigenvalue weighted by Gasteiger charge is -2.21. The number of sulfonamides is 1. The number of likely N-dealkylation sites (N-methyl/N-ethyl adjacent to an activating group) is 1. The molecule has 2 amide bonds. The number of nitrogens with one attached hydrogen (secondary N) is 2. The summed E-state index contributed by atoms with van der Waals surface area (Å²) in [5, 5.41) is 3.36. The third-order valence-corrected chi connectivity index (χ3v) is 7.11. The molecule has 3 aromatic carbocycles. The third-order valence-electron chi connectivity index (χ3n) is 5.44. The SMILES string of the molecule is Cc1ccc(S(=O)(=O)NC(C2=C(Nc3ccccc3)C(=O)N(C)C2=O)c2cccc(Cl)c2)cc1. The Balaban J connectivity index is 1.86. The van der Waals surface area contributed by atoms with E-state index in [-0.39, 0.29) is 16.2 Å². The van der Waals surface area contributed by atoms with Crippen LogP contribution >= 0.6 is 11.6 Å². The number of imide groups is 1. The number of hydrogen-bond donors (Lipinski definition) is 2. The number of anilines is 1. The van der Waals surface area contributed by atoms with Crippen molar-refractivity contribution in [2.45, 2.75) is 17.9 Å². The van der Waals surface area contributed by atoms with Gasteiger partial charge in [0.15, 0.2) is 0 Å². The van der Waals surface area contributed by atoms with E-state index in [1.54, 1.807) is 60.7 Å². The lowest BCUT2D eigenvalue weighted by atomic mass is 9.98. The minimum atomic E-state index is -4.07. The lowest BCUT2D eigenvalue weighted by Crippen LogP contribution is -2.34. The zero-order chi connectivity index (χ0) is 24.5. The van der Waals surface area contributed by atoms with E-state index in [9.17, 15) is 18.0 Å². The summed E-state index contributed by atoms with van der Waals surface area (Å²) in [6, 6.07) is 20.5. The van der Waals surface area contributed by atoms with Gasteiger partial charge in [-0.15, -0.1) is 0 Å². The Hall–Kier alpha value is -3.46. The largest absolute Gasteiger partial charge is 0.351 e. The number of carbonyl (C=O) groups excluding carboxylic acids is 2. The van der Waals surface area contributed by atoms with Gasteiger partial charge in [-0.1, -0.05) is 59.6 Å². The molecular weight excluding hydrogens is 474 g/mol. The number of hydrogen-bond acceptors (Lipinski definition) is 5. The van der Waals surface area contributed by atoms with Crippen LogP contribution in [0, 0.1) is 6.92 Å². The maximum absolute atomic E-state index is 13.3. The van der Waals surface area contributed by atoms with Crippen molar-refractivity contribution in [1.29, 1.82) is 0 Å². The molecule has 0 bridgehead atoms. The summed E-state index contributed by atoms with van der Waals surface area (Å²) in [4.78, 5) is 27.2. The van der Waals surface area contributed by atoms with Gasteiger partial charge in [-0.05, 0) is 48.9 Å². The molecule has 174 valence electrons. The molecule has 0 aromatic heterocycles. The van der Waals surface area contributed by atoms with Gasteiger partial charge in [0.05, 0.1) is 16.5 Å². The Bertz CT molecular complexity index is 1390. The summed E-state index contributed by atoms with van der Waals surface area (Å²) in [6.07, 6.45) is 0. The number of rotatable bonds is 7. The highest BCUT2D eigenvalue weighted by Gasteiger charge is 2.42. The summed E-state index contributed by atoms with van der Waals surface area (Å²) in [6.45, 7) is 1.85. The van der Waals surface area contributed by atoms with E-state index in [0.29, 0.717) is 16.3 Å². The number of halogens is 1. The molecule has 0 aliphatic carbocycles. The Kier molecular flexibility index (Phi) is 6.56. The highest BCUT2D eigenvalue weighted by Crippen LogP contribution is 2.34. The molecule has 1 aliphatic rings. The van der Waals surface area contributed by atoms with Crippen molar-refractivity contribution in [2.24, 2.45) is 0 Å². The van der Waals surface area contributed by atoms with Crippen LogP contribution in [0.25, 0.3) is 0 Å². The first kappa shape index (κ1) is 23.7. The van der Waals surface area contributed by atoms with Crippen LogP contribution in [0.1, 0.15) is 17.2 Å². The highest BCUT2D eigenvalue weighted by molar-refractivity contribution is 7.89. The van der Waals surface area contributed by atoms with Crippen LogP contribution < -0.4 is 10.0 Å². The van der Waals surface area contributed by atoms with Crippen molar-refractivity contribution >= 4 is 39.1 Å². The zero-order valence-electron chi connectivity index (χ0n) is 18.4. The van der Waals surface area contributed by atoms with Crippen LogP contribution in [-0.4, -0.2) is 32.2 Å². The second kappa shape index (κ2) is 9.42. The highest BCUT2D eigenvalue weighted by atomic mass is 35.5. The molecular formula is C25H22ClN3O4S. The van der Waals surface area contributed by atoms with Gasteiger partial charge >= 0.3 is 0 Å². The van der Waals surface area contributed by atoms with Gasteiger partial charge in [-0.25, -0.2) is 8.42 Å². The van der Waals surface area contributed by atoms with Crippen molar-refractivity contribution in [3.63, 3.8) is 0 Å². The molecule has 2 N–H and O–H groups in total. The van der Waals surface area contributed by atoms with Crippen molar-refractivity contribution in [2.75, 3.05) is 12.4 Å². The fourth-order valence-electron chi connectivity index (χ4n) is 3.64. The standard InChI is InChI=1S/C25H22ClN3O4S/c1-16-11-13-20(14-12-16)34(32,33)28-22(17-7-6-8-18(26)15-17)21-23(25(31)29(2)24(21)30)27-19-9-4-3-5-10-19/h3-15,22,27-28H,1-2H3. The van der Waals surface area contributed by atoms with Crippen LogP contribution in [0.2, 0.25) is 5.02 Å². The van der Waals surface area contributed by atoms with Gasteiger partial charge in [0, 0.05) is 17.8 Å². The minimum Gasteiger partial charge on any atom is -0.351 e.